The van der Waals surface area contributed by atoms with Gasteiger partial charge in [0.1, 0.15) is 5.54 Å². The minimum Gasteiger partial charge on any atom is -0.324 e. The van der Waals surface area contributed by atoms with Gasteiger partial charge in [-0.2, -0.15) is 12.6 Å². The fraction of sp³-hybridized carbons (Fsp3) is 0.846. The fourth-order valence-electron chi connectivity index (χ4n) is 2.96. The number of urea groups is 1. The van der Waals surface area contributed by atoms with E-state index in [1.165, 1.54) is 24.2 Å². The first-order valence-electron chi connectivity index (χ1n) is 6.65. The minimum atomic E-state index is -0.760. The summed E-state index contributed by atoms with van der Waals surface area (Å²) in [5, 5.41) is 2.74. The monoisotopic (exact) mass is 270 g/mol. The molecule has 1 N–H and O–H groups in total. The number of hydrogen-bond donors (Lipinski definition) is 2. The second kappa shape index (κ2) is 4.76. The Morgan fingerprint density at radius 3 is 2.28 bits per heavy atom. The zero-order valence-electron chi connectivity index (χ0n) is 11.2. The highest BCUT2D eigenvalue weighted by atomic mass is 32.1. The van der Waals surface area contributed by atoms with Crippen molar-refractivity contribution in [3.05, 3.63) is 0 Å². The maximum atomic E-state index is 12.2. The number of rotatable bonds is 3. The number of thiol groups is 1. The van der Waals surface area contributed by atoms with Gasteiger partial charge in [0, 0.05) is 6.54 Å². The molecule has 0 radical (unpaired) electrons. The van der Waals surface area contributed by atoms with Crippen LogP contribution in [0.25, 0.3) is 0 Å². The average molecular weight is 270 g/mol. The Morgan fingerprint density at radius 1 is 1.22 bits per heavy atom. The van der Waals surface area contributed by atoms with Crippen LogP contribution in [0.15, 0.2) is 0 Å². The van der Waals surface area contributed by atoms with Crippen molar-refractivity contribution < 1.29 is 9.59 Å². The SMILES string of the molecule is CC1(C)NC(=O)N(CC2(CS)CCCCC2)C1=O. The predicted octanol–water partition coefficient (Wildman–Crippen LogP) is 2.20. The minimum absolute atomic E-state index is 0.0226. The molecule has 1 saturated carbocycles. The van der Waals surface area contributed by atoms with E-state index in [-0.39, 0.29) is 17.4 Å². The average Bonchev–Trinajstić information content (AvgIpc) is 2.53. The first-order chi connectivity index (χ1) is 8.40. The summed E-state index contributed by atoms with van der Waals surface area (Å²) in [6.45, 7) is 4.02. The highest BCUT2D eigenvalue weighted by molar-refractivity contribution is 7.80. The van der Waals surface area contributed by atoms with Gasteiger partial charge in [0.25, 0.3) is 5.91 Å². The van der Waals surface area contributed by atoms with Crippen molar-refractivity contribution in [3.63, 3.8) is 0 Å². The van der Waals surface area contributed by atoms with E-state index in [1.807, 2.05) is 0 Å². The van der Waals surface area contributed by atoms with Gasteiger partial charge in [-0.25, -0.2) is 4.79 Å². The van der Waals surface area contributed by atoms with Gasteiger partial charge in [0.2, 0.25) is 0 Å². The maximum Gasteiger partial charge on any atom is 0.325 e. The third-order valence-electron chi connectivity index (χ3n) is 4.19. The largest absolute Gasteiger partial charge is 0.325 e. The van der Waals surface area contributed by atoms with Gasteiger partial charge in [-0.1, -0.05) is 19.3 Å². The Balaban J connectivity index is 2.12. The van der Waals surface area contributed by atoms with Gasteiger partial charge >= 0.3 is 6.03 Å². The summed E-state index contributed by atoms with van der Waals surface area (Å²) in [7, 11) is 0. The van der Waals surface area contributed by atoms with Crippen LogP contribution in [0.3, 0.4) is 0 Å². The lowest BCUT2D eigenvalue weighted by Gasteiger charge is -2.38. The highest BCUT2D eigenvalue weighted by Gasteiger charge is 2.47. The van der Waals surface area contributed by atoms with Crippen molar-refractivity contribution in [2.45, 2.75) is 51.5 Å². The molecule has 2 rings (SSSR count). The van der Waals surface area contributed by atoms with E-state index >= 15 is 0 Å². The molecule has 0 atom stereocenters. The summed E-state index contributed by atoms with van der Waals surface area (Å²) >= 11 is 4.45. The topological polar surface area (TPSA) is 49.4 Å². The molecule has 2 fully saturated rings. The molecule has 0 unspecified atom stereocenters. The molecule has 0 aromatic carbocycles. The quantitative estimate of drug-likeness (QED) is 0.610. The van der Waals surface area contributed by atoms with Crippen LogP contribution in [0, 0.1) is 5.41 Å². The lowest BCUT2D eigenvalue weighted by atomic mass is 9.75. The van der Waals surface area contributed by atoms with Crippen molar-refractivity contribution in [2.75, 3.05) is 12.3 Å². The normalized spacial score (nSPS) is 26.3. The van der Waals surface area contributed by atoms with Gasteiger partial charge in [0.15, 0.2) is 0 Å². The van der Waals surface area contributed by atoms with E-state index in [4.69, 9.17) is 0 Å². The summed E-state index contributed by atoms with van der Waals surface area (Å²) < 4.78 is 0. The molecule has 102 valence electrons. The molecular weight excluding hydrogens is 248 g/mol. The molecule has 5 heteroatoms. The third-order valence-corrected chi connectivity index (χ3v) is 4.86. The number of amides is 3. The lowest BCUT2D eigenvalue weighted by molar-refractivity contribution is -0.131. The molecule has 18 heavy (non-hydrogen) atoms. The second-order valence-corrected chi connectivity index (χ2v) is 6.48. The van der Waals surface area contributed by atoms with Crippen LogP contribution in [0.2, 0.25) is 0 Å². The molecule has 3 amide bonds. The maximum absolute atomic E-state index is 12.2. The Hall–Kier alpha value is -0.710. The first-order valence-corrected chi connectivity index (χ1v) is 7.28. The van der Waals surface area contributed by atoms with Crippen molar-refractivity contribution in [3.8, 4) is 0 Å². The molecule has 4 nitrogen and oxygen atoms in total. The van der Waals surface area contributed by atoms with Crippen molar-refractivity contribution in [1.29, 1.82) is 0 Å². The summed E-state index contributed by atoms with van der Waals surface area (Å²) in [6, 6.07) is -0.253. The summed E-state index contributed by atoms with van der Waals surface area (Å²) in [4.78, 5) is 25.5. The fourth-order valence-corrected chi connectivity index (χ4v) is 3.38. The molecule has 0 spiro atoms. The number of carbonyl (C=O) groups is 2. The van der Waals surface area contributed by atoms with E-state index in [1.54, 1.807) is 13.8 Å². The second-order valence-electron chi connectivity index (χ2n) is 6.17. The Bertz CT molecular complexity index is 362. The summed E-state index contributed by atoms with van der Waals surface area (Å²) in [6.07, 6.45) is 5.73. The van der Waals surface area contributed by atoms with Gasteiger partial charge in [0.05, 0.1) is 0 Å². The molecule has 0 aromatic heterocycles. The molecule has 1 saturated heterocycles. The smallest absolute Gasteiger partial charge is 0.324 e. The van der Waals surface area contributed by atoms with E-state index in [0.717, 1.165) is 18.6 Å². The van der Waals surface area contributed by atoms with Crippen LogP contribution in [0.5, 0.6) is 0 Å². The number of nitrogens with one attached hydrogen (secondary N) is 1. The van der Waals surface area contributed by atoms with Gasteiger partial charge < -0.3 is 5.32 Å². The Morgan fingerprint density at radius 2 is 1.83 bits per heavy atom. The third kappa shape index (κ3) is 2.37. The van der Waals surface area contributed by atoms with Gasteiger partial charge in [-0.15, -0.1) is 0 Å². The van der Waals surface area contributed by atoms with Crippen LogP contribution >= 0.6 is 12.6 Å². The molecule has 1 heterocycles. The standard InChI is InChI=1S/C13H22N2O2S/c1-12(2)10(16)15(11(17)14-12)8-13(9-18)6-4-3-5-7-13/h18H,3-9H2,1-2H3,(H,14,17). The number of nitrogens with zero attached hydrogens (tertiary/aromatic N) is 1. The van der Waals surface area contributed by atoms with Gasteiger partial charge in [-0.05, 0) is 37.9 Å². The Labute approximate surface area is 114 Å². The summed E-state index contributed by atoms with van der Waals surface area (Å²) in [5.41, 5.74) is -0.738. The molecule has 0 bridgehead atoms. The zero-order valence-corrected chi connectivity index (χ0v) is 12.1. The summed E-state index contributed by atoms with van der Waals surface area (Å²) in [5.74, 6) is 0.629. The number of carbonyl (C=O) groups excluding carboxylic acids is 2. The molecule has 0 aromatic rings. The van der Waals surface area contributed by atoms with Crippen LogP contribution in [-0.4, -0.2) is 34.7 Å². The number of hydrogen-bond acceptors (Lipinski definition) is 3. The van der Waals surface area contributed by atoms with Crippen LogP contribution in [0.1, 0.15) is 46.0 Å². The van der Waals surface area contributed by atoms with Crippen LogP contribution < -0.4 is 5.32 Å². The Kier molecular flexibility index (Phi) is 3.63. The number of imide groups is 1. The van der Waals surface area contributed by atoms with Crippen molar-refractivity contribution >= 4 is 24.6 Å². The van der Waals surface area contributed by atoms with E-state index < -0.39 is 5.54 Å². The van der Waals surface area contributed by atoms with Crippen LogP contribution in [0.4, 0.5) is 4.79 Å². The van der Waals surface area contributed by atoms with Crippen molar-refractivity contribution in [1.82, 2.24) is 10.2 Å². The van der Waals surface area contributed by atoms with Gasteiger partial charge in [-0.3, -0.25) is 9.69 Å². The predicted molar refractivity (Wildman–Crippen MR) is 73.7 cm³/mol. The van der Waals surface area contributed by atoms with E-state index in [9.17, 15) is 9.59 Å². The molecular formula is C13H22N2O2S. The van der Waals surface area contributed by atoms with E-state index in [2.05, 4.69) is 17.9 Å². The first kappa shape index (κ1) is 13.7. The van der Waals surface area contributed by atoms with Crippen LogP contribution in [-0.2, 0) is 4.79 Å². The highest BCUT2D eigenvalue weighted by Crippen LogP contribution is 2.39. The zero-order chi connectivity index (χ0) is 13.4. The van der Waals surface area contributed by atoms with Crippen molar-refractivity contribution in [2.24, 2.45) is 5.41 Å². The molecule has 1 aliphatic carbocycles. The molecule has 1 aliphatic heterocycles. The lowest BCUT2D eigenvalue weighted by Crippen LogP contribution is -2.45. The molecule has 2 aliphatic rings. The van der Waals surface area contributed by atoms with E-state index in [0.29, 0.717) is 6.54 Å².